The van der Waals surface area contributed by atoms with Crippen molar-refractivity contribution in [3.8, 4) is 0 Å². The molecule has 132 valence electrons. The lowest BCUT2D eigenvalue weighted by molar-refractivity contribution is 0.244. The minimum absolute atomic E-state index is 0. The molecule has 2 fully saturated rings. The molecule has 3 heteroatoms. The van der Waals surface area contributed by atoms with Crippen LogP contribution in [0.25, 0.3) is 0 Å². The van der Waals surface area contributed by atoms with Gasteiger partial charge in [0.2, 0.25) is 0 Å². The summed E-state index contributed by atoms with van der Waals surface area (Å²) >= 11 is 0. The Kier molecular flexibility index (Phi) is 4.75. The number of hydrogen-bond acceptors (Lipinski definition) is 2. The Bertz CT molecular complexity index is 722. The van der Waals surface area contributed by atoms with Crippen LogP contribution in [0.1, 0.15) is 36.8 Å². The van der Waals surface area contributed by atoms with E-state index in [4.69, 9.17) is 0 Å². The van der Waals surface area contributed by atoms with Gasteiger partial charge >= 0.3 is 0 Å². The highest BCUT2D eigenvalue weighted by molar-refractivity contribution is 5.85. The van der Waals surface area contributed by atoms with Gasteiger partial charge in [-0.1, -0.05) is 24.3 Å². The molecule has 1 aliphatic heterocycles. The lowest BCUT2D eigenvalue weighted by atomic mass is 9.98. The van der Waals surface area contributed by atoms with Crippen LogP contribution in [0.4, 0.5) is 11.4 Å². The second kappa shape index (κ2) is 7.01. The van der Waals surface area contributed by atoms with Crippen LogP contribution in [0.5, 0.6) is 0 Å². The Balaban J connectivity index is 0.00000157. The van der Waals surface area contributed by atoms with Crippen LogP contribution < -0.4 is 4.90 Å². The van der Waals surface area contributed by atoms with Gasteiger partial charge < -0.3 is 4.90 Å². The van der Waals surface area contributed by atoms with Crippen molar-refractivity contribution in [2.75, 3.05) is 18.0 Å². The fourth-order valence-electron chi connectivity index (χ4n) is 4.07. The zero-order valence-electron chi connectivity index (χ0n) is 14.7. The standard InChI is InChI=1S/C22H26N2.ClH/c1-2-4-20(5-3-1)24(21-10-11-21)22-9-8-18-12-13-23(15-17-6-7-17)16-19(18)14-22;/h1-5,8-9,14,17,21H,6-7,10-13,15-16H2;1H. The monoisotopic (exact) mass is 354 g/mol. The number of anilines is 2. The minimum atomic E-state index is 0. The Labute approximate surface area is 157 Å². The molecule has 5 rings (SSSR count). The van der Waals surface area contributed by atoms with E-state index in [0.29, 0.717) is 6.04 Å². The normalized spacial score (nSPS) is 19.8. The van der Waals surface area contributed by atoms with E-state index in [1.807, 2.05) is 0 Å². The van der Waals surface area contributed by atoms with Crippen molar-refractivity contribution in [3.05, 3.63) is 59.7 Å². The first kappa shape index (κ1) is 16.9. The maximum absolute atomic E-state index is 2.67. The Morgan fingerprint density at radius 3 is 2.40 bits per heavy atom. The van der Waals surface area contributed by atoms with Gasteiger partial charge in [-0.15, -0.1) is 12.4 Å². The van der Waals surface area contributed by atoms with Crippen LogP contribution in [0.2, 0.25) is 0 Å². The average molecular weight is 355 g/mol. The molecule has 2 saturated carbocycles. The third kappa shape index (κ3) is 3.70. The summed E-state index contributed by atoms with van der Waals surface area (Å²) in [5.41, 5.74) is 5.84. The van der Waals surface area contributed by atoms with Gasteiger partial charge in [-0.2, -0.15) is 0 Å². The second-order valence-electron chi connectivity index (χ2n) is 7.82. The quantitative estimate of drug-likeness (QED) is 0.730. The number of rotatable bonds is 5. The fourth-order valence-corrected chi connectivity index (χ4v) is 4.07. The van der Waals surface area contributed by atoms with Crippen LogP contribution in [0.3, 0.4) is 0 Å². The van der Waals surface area contributed by atoms with Gasteiger partial charge in [0.1, 0.15) is 0 Å². The van der Waals surface area contributed by atoms with Gasteiger partial charge in [-0.05, 0) is 73.4 Å². The van der Waals surface area contributed by atoms with Crippen molar-refractivity contribution in [3.63, 3.8) is 0 Å². The van der Waals surface area contributed by atoms with Crippen molar-refractivity contribution in [1.29, 1.82) is 0 Å². The molecule has 2 aromatic rings. The van der Waals surface area contributed by atoms with E-state index in [1.54, 1.807) is 11.1 Å². The van der Waals surface area contributed by atoms with Crippen molar-refractivity contribution in [2.24, 2.45) is 5.92 Å². The number of para-hydroxylation sites is 1. The number of hydrogen-bond donors (Lipinski definition) is 0. The highest BCUT2D eigenvalue weighted by Gasteiger charge is 2.31. The van der Waals surface area contributed by atoms with Crippen LogP contribution in [-0.2, 0) is 13.0 Å². The lowest BCUT2D eigenvalue weighted by Crippen LogP contribution is -2.32. The molecule has 0 unspecified atom stereocenters. The molecule has 1 heterocycles. The number of benzene rings is 2. The molecule has 2 nitrogen and oxygen atoms in total. The van der Waals surface area contributed by atoms with Crippen molar-refractivity contribution in [2.45, 2.75) is 44.7 Å². The summed E-state index contributed by atoms with van der Waals surface area (Å²) in [5.74, 6) is 0.988. The van der Waals surface area contributed by atoms with E-state index in [2.05, 4.69) is 58.3 Å². The van der Waals surface area contributed by atoms with E-state index in [1.165, 1.54) is 56.6 Å². The van der Waals surface area contributed by atoms with Gasteiger partial charge in [0.05, 0.1) is 0 Å². The second-order valence-corrected chi connectivity index (χ2v) is 7.82. The molecule has 0 spiro atoms. The molecular formula is C22H27ClN2. The first-order valence-electron chi connectivity index (χ1n) is 9.55. The molecule has 0 N–H and O–H groups in total. The van der Waals surface area contributed by atoms with Gasteiger partial charge in [0, 0.05) is 37.1 Å². The molecular weight excluding hydrogens is 328 g/mol. The molecule has 0 bridgehead atoms. The van der Waals surface area contributed by atoms with Crippen LogP contribution in [0.15, 0.2) is 48.5 Å². The zero-order chi connectivity index (χ0) is 15.9. The molecule has 0 amide bonds. The van der Waals surface area contributed by atoms with Crippen LogP contribution in [0, 0.1) is 5.92 Å². The van der Waals surface area contributed by atoms with Gasteiger partial charge in [0.25, 0.3) is 0 Å². The van der Waals surface area contributed by atoms with Crippen molar-refractivity contribution < 1.29 is 0 Å². The largest absolute Gasteiger partial charge is 0.338 e. The molecule has 2 aromatic carbocycles. The maximum atomic E-state index is 2.67. The van der Waals surface area contributed by atoms with Gasteiger partial charge in [0.15, 0.2) is 0 Å². The zero-order valence-corrected chi connectivity index (χ0v) is 15.5. The molecule has 0 saturated heterocycles. The van der Waals surface area contributed by atoms with Gasteiger partial charge in [-0.25, -0.2) is 0 Å². The van der Waals surface area contributed by atoms with E-state index < -0.39 is 0 Å². The third-order valence-electron chi connectivity index (χ3n) is 5.72. The molecule has 25 heavy (non-hydrogen) atoms. The summed E-state index contributed by atoms with van der Waals surface area (Å²) in [6, 6.07) is 18.8. The molecule has 0 radical (unpaired) electrons. The predicted molar refractivity (Wildman–Crippen MR) is 107 cm³/mol. The maximum Gasteiger partial charge on any atom is 0.0416 e. The van der Waals surface area contributed by atoms with Crippen LogP contribution in [-0.4, -0.2) is 24.0 Å². The lowest BCUT2D eigenvalue weighted by Gasteiger charge is -2.31. The first-order chi connectivity index (χ1) is 11.9. The number of fused-ring (bicyclic) bond motifs is 1. The number of nitrogens with zero attached hydrogens (tertiary/aromatic N) is 2. The van der Waals surface area contributed by atoms with Gasteiger partial charge in [-0.3, -0.25) is 4.90 Å². The summed E-state index contributed by atoms with van der Waals surface area (Å²) in [7, 11) is 0. The summed E-state index contributed by atoms with van der Waals surface area (Å²) < 4.78 is 0. The molecule has 0 aromatic heterocycles. The molecule has 3 aliphatic rings. The summed E-state index contributed by atoms with van der Waals surface area (Å²) in [6.45, 7) is 3.70. The summed E-state index contributed by atoms with van der Waals surface area (Å²) in [5, 5.41) is 0. The van der Waals surface area contributed by atoms with E-state index in [-0.39, 0.29) is 12.4 Å². The average Bonchev–Trinajstić information content (AvgIpc) is 3.52. The number of halogens is 1. The highest BCUT2D eigenvalue weighted by atomic mass is 35.5. The predicted octanol–water partition coefficient (Wildman–Crippen LogP) is 5.18. The highest BCUT2D eigenvalue weighted by Crippen LogP contribution is 2.39. The fraction of sp³-hybridized carbons (Fsp3) is 0.455. The van der Waals surface area contributed by atoms with Crippen LogP contribution >= 0.6 is 12.4 Å². The first-order valence-corrected chi connectivity index (χ1v) is 9.55. The Hall–Kier alpha value is -1.51. The topological polar surface area (TPSA) is 6.48 Å². The Morgan fingerprint density at radius 1 is 0.880 bits per heavy atom. The van der Waals surface area contributed by atoms with Crippen molar-refractivity contribution >= 4 is 23.8 Å². The van der Waals surface area contributed by atoms with E-state index in [0.717, 1.165) is 12.5 Å². The van der Waals surface area contributed by atoms with Crippen molar-refractivity contribution in [1.82, 2.24) is 4.90 Å². The Morgan fingerprint density at radius 2 is 1.68 bits per heavy atom. The smallest absolute Gasteiger partial charge is 0.0416 e. The summed E-state index contributed by atoms with van der Waals surface area (Å²) in [4.78, 5) is 5.23. The minimum Gasteiger partial charge on any atom is -0.338 e. The molecule has 0 atom stereocenters. The van der Waals surface area contributed by atoms with E-state index >= 15 is 0 Å². The third-order valence-corrected chi connectivity index (χ3v) is 5.72. The summed E-state index contributed by atoms with van der Waals surface area (Å²) in [6.07, 6.45) is 6.76. The SMILES string of the molecule is Cl.c1ccc(N(c2ccc3c(c2)CN(CC2CC2)CC3)C2CC2)cc1. The van der Waals surface area contributed by atoms with E-state index in [9.17, 15) is 0 Å². The molecule has 2 aliphatic carbocycles.